The molecule has 5 atom stereocenters. The summed E-state index contributed by atoms with van der Waals surface area (Å²) >= 11 is 0. The van der Waals surface area contributed by atoms with Gasteiger partial charge in [-0.1, -0.05) is 36.4 Å². The summed E-state index contributed by atoms with van der Waals surface area (Å²) in [5.41, 5.74) is 0.765. The molecule has 4 rings (SSSR count). The lowest BCUT2D eigenvalue weighted by Gasteiger charge is -2.28. The fraction of sp³-hybridized carbons (Fsp3) is 0.480. The van der Waals surface area contributed by atoms with Crippen LogP contribution in [0.15, 0.2) is 48.6 Å². The summed E-state index contributed by atoms with van der Waals surface area (Å²) in [6.45, 7) is 8.13. The summed E-state index contributed by atoms with van der Waals surface area (Å²) in [7, 11) is 1.66. The third kappa shape index (κ3) is 4.04. The number of ether oxygens (including phenoxy) is 3. The number of benzene rings is 2. The SMILES string of the molecule is COc1ccc2cc([C@H](C)C(=O)O[C@H]3C[C@@H]4C=C[C@@H]3C4OC(C)(C)C)ccc2c1. The van der Waals surface area contributed by atoms with Gasteiger partial charge in [-0.15, -0.1) is 0 Å². The summed E-state index contributed by atoms with van der Waals surface area (Å²) < 4.78 is 17.5. The van der Waals surface area contributed by atoms with E-state index >= 15 is 0 Å². The minimum absolute atomic E-state index is 0.1000. The number of methoxy groups -OCH3 is 1. The first kappa shape index (κ1) is 20.0. The Hall–Kier alpha value is -2.33. The molecule has 0 heterocycles. The maximum absolute atomic E-state index is 12.9. The Morgan fingerprint density at radius 3 is 2.52 bits per heavy atom. The van der Waals surface area contributed by atoms with E-state index in [-0.39, 0.29) is 35.6 Å². The van der Waals surface area contributed by atoms with Gasteiger partial charge in [-0.3, -0.25) is 4.79 Å². The minimum Gasteiger partial charge on any atom is -0.497 e. The highest BCUT2D eigenvalue weighted by Crippen LogP contribution is 2.45. The quantitative estimate of drug-likeness (QED) is 0.513. The Morgan fingerprint density at radius 2 is 1.79 bits per heavy atom. The lowest BCUT2D eigenvalue weighted by Crippen LogP contribution is -2.33. The maximum atomic E-state index is 12.9. The van der Waals surface area contributed by atoms with Crippen LogP contribution in [0, 0.1) is 11.8 Å². The van der Waals surface area contributed by atoms with Crippen molar-refractivity contribution in [1.29, 1.82) is 0 Å². The molecule has 0 saturated heterocycles. The van der Waals surface area contributed by atoms with E-state index in [9.17, 15) is 4.79 Å². The van der Waals surface area contributed by atoms with E-state index in [1.165, 1.54) is 0 Å². The van der Waals surface area contributed by atoms with E-state index in [4.69, 9.17) is 14.2 Å². The van der Waals surface area contributed by atoms with Gasteiger partial charge in [-0.25, -0.2) is 0 Å². The highest BCUT2D eigenvalue weighted by atomic mass is 16.6. The van der Waals surface area contributed by atoms with Crippen molar-refractivity contribution in [2.24, 2.45) is 11.8 Å². The van der Waals surface area contributed by atoms with Crippen molar-refractivity contribution >= 4 is 16.7 Å². The van der Waals surface area contributed by atoms with Crippen LogP contribution in [-0.4, -0.2) is 30.9 Å². The summed E-state index contributed by atoms with van der Waals surface area (Å²) in [5.74, 6) is 0.835. The van der Waals surface area contributed by atoms with Crippen LogP contribution >= 0.6 is 0 Å². The molecule has 0 aromatic heterocycles. The van der Waals surface area contributed by atoms with Crippen molar-refractivity contribution in [2.45, 2.75) is 57.8 Å². The zero-order chi connectivity index (χ0) is 20.8. The van der Waals surface area contributed by atoms with Crippen molar-refractivity contribution < 1.29 is 19.0 Å². The molecule has 0 aliphatic heterocycles. The molecule has 29 heavy (non-hydrogen) atoms. The average molecular weight is 395 g/mol. The van der Waals surface area contributed by atoms with Crippen LogP contribution in [0.3, 0.4) is 0 Å². The summed E-state index contributed by atoms with van der Waals surface area (Å²) in [5, 5.41) is 2.18. The Labute approximate surface area is 172 Å². The zero-order valence-electron chi connectivity index (χ0n) is 17.8. The molecule has 154 valence electrons. The van der Waals surface area contributed by atoms with Crippen molar-refractivity contribution in [3.63, 3.8) is 0 Å². The van der Waals surface area contributed by atoms with Gasteiger partial charge in [0.2, 0.25) is 0 Å². The molecule has 2 aliphatic carbocycles. The number of carbonyl (C=O) groups excluding carboxylic acids is 1. The fourth-order valence-electron chi connectivity index (χ4n) is 4.48. The van der Waals surface area contributed by atoms with Crippen LogP contribution in [0.4, 0.5) is 0 Å². The molecular weight excluding hydrogens is 364 g/mol. The molecule has 0 N–H and O–H groups in total. The lowest BCUT2D eigenvalue weighted by molar-refractivity contribution is -0.153. The topological polar surface area (TPSA) is 44.8 Å². The second-order valence-corrected chi connectivity index (χ2v) is 9.23. The predicted molar refractivity (Wildman–Crippen MR) is 114 cm³/mol. The molecule has 0 amide bonds. The molecule has 1 fully saturated rings. The number of hydrogen-bond donors (Lipinski definition) is 0. The Kier molecular flexibility index (Phi) is 5.16. The molecule has 0 spiro atoms. The highest BCUT2D eigenvalue weighted by Gasteiger charge is 2.49. The van der Waals surface area contributed by atoms with Crippen molar-refractivity contribution in [3.05, 3.63) is 54.1 Å². The number of esters is 1. The van der Waals surface area contributed by atoms with E-state index in [0.717, 1.165) is 28.5 Å². The van der Waals surface area contributed by atoms with Crippen molar-refractivity contribution in [1.82, 2.24) is 0 Å². The van der Waals surface area contributed by atoms with Gasteiger partial charge in [0.1, 0.15) is 11.9 Å². The number of fused-ring (bicyclic) bond motifs is 3. The van der Waals surface area contributed by atoms with E-state index in [1.807, 2.05) is 37.3 Å². The van der Waals surface area contributed by atoms with E-state index in [2.05, 4.69) is 39.0 Å². The third-order valence-corrected chi connectivity index (χ3v) is 6.00. The van der Waals surface area contributed by atoms with Gasteiger partial charge in [-0.2, -0.15) is 0 Å². The number of rotatable bonds is 5. The molecule has 2 aromatic carbocycles. The maximum Gasteiger partial charge on any atom is 0.313 e. The second-order valence-electron chi connectivity index (χ2n) is 9.23. The standard InChI is InChI=1S/C25H30O4/c1-15(16-6-7-18-13-20(27-5)10-8-17(18)12-16)24(26)28-22-14-19-9-11-21(22)23(19)29-25(2,3)4/h6-13,15,19,21-23H,14H2,1-5H3/t15-,19-,21-,22-,23?/m0/s1. The predicted octanol–water partition coefficient (Wildman–Crippen LogP) is 5.25. The molecule has 4 heteroatoms. The largest absolute Gasteiger partial charge is 0.497 e. The summed E-state index contributed by atoms with van der Waals surface area (Å²) in [6.07, 6.45) is 5.23. The van der Waals surface area contributed by atoms with E-state index in [0.29, 0.717) is 5.92 Å². The first-order valence-corrected chi connectivity index (χ1v) is 10.4. The first-order valence-electron chi connectivity index (χ1n) is 10.4. The van der Waals surface area contributed by atoms with Crippen LogP contribution < -0.4 is 4.74 Å². The Balaban J connectivity index is 1.45. The van der Waals surface area contributed by atoms with Crippen LogP contribution in [-0.2, 0) is 14.3 Å². The molecule has 2 bridgehead atoms. The van der Waals surface area contributed by atoms with Gasteiger partial charge in [0, 0.05) is 11.8 Å². The molecule has 4 nitrogen and oxygen atoms in total. The smallest absolute Gasteiger partial charge is 0.313 e. The van der Waals surface area contributed by atoms with Crippen molar-refractivity contribution in [3.8, 4) is 5.75 Å². The van der Waals surface area contributed by atoms with Crippen LogP contribution in [0.5, 0.6) is 5.75 Å². The molecular formula is C25H30O4. The summed E-state index contributed by atoms with van der Waals surface area (Å²) in [6, 6.07) is 12.0. The monoisotopic (exact) mass is 394 g/mol. The Morgan fingerprint density at radius 1 is 1.07 bits per heavy atom. The van der Waals surface area contributed by atoms with Crippen LogP contribution in [0.25, 0.3) is 10.8 Å². The highest BCUT2D eigenvalue weighted by molar-refractivity contribution is 5.86. The van der Waals surface area contributed by atoms with E-state index < -0.39 is 0 Å². The minimum atomic E-state index is -0.313. The van der Waals surface area contributed by atoms with E-state index in [1.54, 1.807) is 7.11 Å². The van der Waals surface area contributed by atoms with Crippen molar-refractivity contribution in [2.75, 3.05) is 7.11 Å². The molecule has 1 unspecified atom stereocenters. The molecule has 0 radical (unpaired) electrons. The van der Waals surface area contributed by atoms with Crippen LogP contribution in [0.2, 0.25) is 0 Å². The average Bonchev–Trinajstić information content (AvgIpc) is 3.20. The van der Waals surface area contributed by atoms with Gasteiger partial charge >= 0.3 is 5.97 Å². The lowest BCUT2D eigenvalue weighted by atomic mass is 9.97. The van der Waals surface area contributed by atoms with Gasteiger partial charge in [0.25, 0.3) is 0 Å². The van der Waals surface area contributed by atoms with Gasteiger partial charge in [-0.05, 0) is 62.6 Å². The number of carbonyl (C=O) groups is 1. The molecule has 2 aliphatic rings. The van der Waals surface area contributed by atoms with Gasteiger partial charge in [0.15, 0.2) is 0 Å². The fourth-order valence-corrected chi connectivity index (χ4v) is 4.48. The number of hydrogen-bond acceptors (Lipinski definition) is 4. The molecule has 2 aromatic rings. The second kappa shape index (κ2) is 7.49. The van der Waals surface area contributed by atoms with Gasteiger partial charge < -0.3 is 14.2 Å². The van der Waals surface area contributed by atoms with Crippen LogP contribution in [0.1, 0.15) is 45.6 Å². The third-order valence-electron chi connectivity index (χ3n) is 6.00. The first-order chi connectivity index (χ1) is 13.7. The molecule has 1 saturated carbocycles. The summed E-state index contributed by atoms with van der Waals surface area (Å²) in [4.78, 5) is 12.9. The normalized spacial score (nSPS) is 26.7. The van der Waals surface area contributed by atoms with Gasteiger partial charge in [0.05, 0.1) is 24.7 Å². The Bertz CT molecular complexity index is 939. The zero-order valence-corrected chi connectivity index (χ0v) is 17.8.